The summed E-state index contributed by atoms with van der Waals surface area (Å²) < 4.78 is 0. The lowest BCUT2D eigenvalue weighted by atomic mass is 10.2. The average molecular weight is 264 g/mol. The molecule has 19 heavy (non-hydrogen) atoms. The number of aliphatic hydroxyl groups is 1. The molecule has 104 valence electrons. The minimum Gasteiger partial charge on any atom is -0.394 e. The molecule has 0 radical (unpaired) electrons. The molecule has 5 heteroatoms. The van der Waals surface area contributed by atoms with Crippen molar-refractivity contribution in [1.29, 1.82) is 0 Å². The van der Waals surface area contributed by atoms with Crippen LogP contribution >= 0.6 is 0 Å². The van der Waals surface area contributed by atoms with Crippen molar-refractivity contribution < 1.29 is 14.7 Å². The molecule has 1 aromatic carbocycles. The number of hydrogen-bond donors (Lipinski definition) is 3. The Bertz CT molecular complexity index is 402. The third-order valence-corrected chi connectivity index (χ3v) is 2.75. The van der Waals surface area contributed by atoms with Crippen molar-refractivity contribution in [3.05, 3.63) is 35.9 Å². The van der Waals surface area contributed by atoms with Gasteiger partial charge in [-0.25, -0.2) is 0 Å². The summed E-state index contributed by atoms with van der Waals surface area (Å²) in [5.74, 6) is -0.364. The van der Waals surface area contributed by atoms with Crippen LogP contribution in [0.4, 0.5) is 0 Å². The average Bonchev–Trinajstić information content (AvgIpc) is 2.45. The van der Waals surface area contributed by atoms with Gasteiger partial charge in [0.15, 0.2) is 0 Å². The number of aliphatic hydroxyl groups excluding tert-OH is 1. The van der Waals surface area contributed by atoms with E-state index in [2.05, 4.69) is 10.6 Å². The van der Waals surface area contributed by atoms with Crippen LogP contribution < -0.4 is 10.6 Å². The molecule has 0 aliphatic heterocycles. The van der Waals surface area contributed by atoms with Gasteiger partial charge in [-0.1, -0.05) is 25.1 Å². The van der Waals surface area contributed by atoms with Gasteiger partial charge in [-0.2, -0.15) is 0 Å². The van der Waals surface area contributed by atoms with Crippen LogP contribution in [-0.2, 0) is 4.79 Å². The zero-order valence-corrected chi connectivity index (χ0v) is 11.1. The van der Waals surface area contributed by atoms with Crippen LogP contribution in [0.15, 0.2) is 30.3 Å². The van der Waals surface area contributed by atoms with Crippen molar-refractivity contribution in [2.45, 2.75) is 25.8 Å². The normalized spacial score (nSPS) is 11.7. The van der Waals surface area contributed by atoms with E-state index < -0.39 is 0 Å². The molecule has 0 fully saturated rings. The molecule has 0 heterocycles. The Balaban J connectivity index is 2.27. The minimum atomic E-state index is -0.211. The topological polar surface area (TPSA) is 78.4 Å². The standard InChI is InChI=1S/C14H20N2O3/c1-2-12(10-17)16-13(18)8-9-15-14(19)11-6-4-3-5-7-11/h3-7,12,17H,2,8-10H2,1H3,(H,15,19)(H,16,18)/t12-/m0/s1. The molecule has 2 amide bonds. The van der Waals surface area contributed by atoms with Crippen molar-refractivity contribution in [2.75, 3.05) is 13.2 Å². The number of carbonyl (C=O) groups excluding carboxylic acids is 2. The SMILES string of the molecule is CC[C@@H](CO)NC(=O)CCNC(=O)c1ccccc1. The number of benzene rings is 1. The van der Waals surface area contributed by atoms with E-state index in [0.29, 0.717) is 12.0 Å². The molecule has 3 N–H and O–H groups in total. The fourth-order valence-electron chi connectivity index (χ4n) is 1.56. The van der Waals surface area contributed by atoms with Gasteiger partial charge in [-0.3, -0.25) is 9.59 Å². The van der Waals surface area contributed by atoms with E-state index in [9.17, 15) is 9.59 Å². The molecule has 0 bridgehead atoms. The van der Waals surface area contributed by atoms with E-state index in [-0.39, 0.29) is 37.4 Å². The Kier molecular flexibility index (Phi) is 6.60. The molecule has 0 aromatic heterocycles. The van der Waals surface area contributed by atoms with E-state index in [1.165, 1.54) is 0 Å². The molecule has 5 nitrogen and oxygen atoms in total. The largest absolute Gasteiger partial charge is 0.394 e. The van der Waals surface area contributed by atoms with E-state index in [1.54, 1.807) is 24.3 Å². The van der Waals surface area contributed by atoms with Gasteiger partial charge in [0, 0.05) is 18.5 Å². The summed E-state index contributed by atoms with van der Waals surface area (Å²) in [7, 11) is 0. The summed E-state index contributed by atoms with van der Waals surface area (Å²) in [4.78, 5) is 23.2. The smallest absolute Gasteiger partial charge is 0.251 e. The first-order chi connectivity index (χ1) is 9.17. The lowest BCUT2D eigenvalue weighted by Crippen LogP contribution is -2.38. The van der Waals surface area contributed by atoms with Crippen LogP contribution in [0.2, 0.25) is 0 Å². The number of nitrogens with one attached hydrogen (secondary N) is 2. The first-order valence-electron chi connectivity index (χ1n) is 6.40. The molecular formula is C14H20N2O3. The third kappa shape index (κ3) is 5.52. The summed E-state index contributed by atoms with van der Waals surface area (Å²) >= 11 is 0. The van der Waals surface area contributed by atoms with E-state index in [4.69, 9.17) is 5.11 Å². The molecule has 0 unspecified atom stereocenters. The lowest BCUT2D eigenvalue weighted by Gasteiger charge is -2.14. The van der Waals surface area contributed by atoms with Gasteiger partial charge in [0.25, 0.3) is 5.91 Å². The van der Waals surface area contributed by atoms with Crippen molar-refractivity contribution in [3.63, 3.8) is 0 Å². The van der Waals surface area contributed by atoms with Crippen molar-refractivity contribution in [3.8, 4) is 0 Å². The van der Waals surface area contributed by atoms with Crippen LogP contribution in [0, 0.1) is 0 Å². The second-order valence-corrected chi connectivity index (χ2v) is 4.23. The zero-order valence-electron chi connectivity index (χ0n) is 11.1. The minimum absolute atomic E-state index is 0.0708. The maximum atomic E-state index is 11.7. The van der Waals surface area contributed by atoms with Crippen molar-refractivity contribution in [2.24, 2.45) is 0 Å². The number of rotatable bonds is 7. The maximum Gasteiger partial charge on any atom is 0.251 e. The van der Waals surface area contributed by atoms with Crippen molar-refractivity contribution in [1.82, 2.24) is 10.6 Å². The molecular weight excluding hydrogens is 244 g/mol. The summed E-state index contributed by atoms with van der Waals surface area (Å²) in [5, 5.41) is 14.3. The molecule has 0 saturated heterocycles. The fourth-order valence-corrected chi connectivity index (χ4v) is 1.56. The number of amides is 2. The van der Waals surface area contributed by atoms with Gasteiger partial charge in [-0.05, 0) is 18.6 Å². The molecule has 1 atom stereocenters. The highest BCUT2D eigenvalue weighted by atomic mass is 16.3. The number of carbonyl (C=O) groups is 2. The Labute approximate surface area is 113 Å². The summed E-state index contributed by atoms with van der Waals surface area (Å²) in [6.07, 6.45) is 0.883. The molecule has 0 aliphatic rings. The maximum absolute atomic E-state index is 11.7. The molecule has 1 aromatic rings. The van der Waals surface area contributed by atoms with Crippen LogP contribution in [0.3, 0.4) is 0 Å². The van der Waals surface area contributed by atoms with Gasteiger partial charge in [-0.15, -0.1) is 0 Å². The van der Waals surface area contributed by atoms with Crippen LogP contribution in [0.1, 0.15) is 30.1 Å². The van der Waals surface area contributed by atoms with Gasteiger partial charge < -0.3 is 15.7 Å². The highest BCUT2D eigenvalue weighted by molar-refractivity contribution is 5.94. The Morgan fingerprint density at radius 3 is 2.53 bits per heavy atom. The van der Waals surface area contributed by atoms with Gasteiger partial charge in [0.2, 0.25) is 5.91 Å². The van der Waals surface area contributed by atoms with Crippen LogP contribution in [-0.4, -0.2) is 36.1 Å². The first kappa shape index (κ1) is 15.2. The van der Waals surface area contributed by atoms with E-state index >= 15 is 0 Å². The molecule has 0 aliphatic carbocycles. The first-order valence-corrected chi connectivity index (χ1v) is 6.40. The predicted molar refractivity (Wildman–Crippen MR) is 72.7 cm³/mol. The Hall–Kier alpha value is -1.88. The van der Waals surface area contributed by atoms with E-state index in [0.717, 1.165) is 0 Å². The predicted octanol–water partition coefficient (Wildman–Crippen LogP) is 0.694. The molecule has 0 spiro atoms. The lowest BCUT2D eigenvalue weighted by molar-refractivity contribution is -0.122. The molecule has 1 rings (SSSR count). The van der Waals surface area contributed by atoms with Gasteiger partial charge in [0.1, 0.15) is 0 Å². The van der Waals surface area contributed by atoms with Gasteiger partial charge in [0.05, 0.1) is 12.6 Å². The summed E-state index contributed by atoms with van der Waals surface area (Å²) in [6.45, 7) is 2.10. The summed E-state index contributed by atoms with van der Waals surface area (Å²) in [5.41, 5.74) is 0.574. The van der Waals surface area contributed by atoms with E-state index in [1.807, 2.05) is 13.0 Å². The summed E-state index contributed by atoms with van der Waals surface area (Å²) in [6, 6.07) is 8.63. The zero-order chi connectivity index (χ0) is 14.1. The third-order valence-electron chi connectivity index (χ3n) is 2.75. The highest BCUT2D eigenvalue weighted by Crippen LogP contribution is 1.97. The van der Waals surface area contributed by atoms with Crippen LogP contribution in [0.25, 0.3) is 0 Å². The Morgan fingerprint density at radius 1 is 1.26 bits per heavy atom. The second kappa shape index (κ2) is 8.26. The fraction of sp³-hybridized carbons (Fsp3) is 0.429. The highest BCUT2D eigenvalue weighted by Gasteiger charge is 2.09. The monoisotopic (exact) mass is 264 g/mol. The molecule has 0 saturated carbocycles. The van der Waals surface area contributed by atoms with Crippen LogP contribution in [0.5, 0.6) is 0 Å². The van der Waals surface area contributed by atoms with Gasteiger partial charge >= 0.3 is 0 Å². The number of hydrogen-bond acceptors (Lipinski definition) is 3. The van der Waals surface area contributed by atoms with Crippen molar-refractivity contribution >= 4 is 11.8 Å². The Morgan fingerprint density at radius 2 is 1.95 bits per heavy atom. The quantitative estimate of drug-likeness (QED) is 0.678. The second-order valence-electron chi connectivity index (χ2n) is 4.23.